The van der Waals surface area contributed by atoms with Crippen LogP contribution in [0.15, 0.2) is 46.6 Å². The predicted molar refractivity (Wildman–Crippen MR) is 115 cm³/mol. The fourth-order valence-electron chi connectivity index (χ4n) is 4.06. The lowest BCUT2D eigenvalue weighted by Gasteiger charge is -2.34. The minimum atomic E-state index is -0.00604. The van der Waals surface area contributed by atoms with Crippen LogP contribution in [0.5, 0.6) is 0 Å². The van der Waals surface area contributed by atoms with Crippen molar-refractivity contribution >= 4 is 27.3 Å². The molecule has 1 aromatic carbocycles. The van der Waals surface area contributed by atoms with Crippen LogP contribution in [0.3, 0.4) is 0 Å². The average molecular weight is 409 g/mol. The highest BCUT2D eigenvalue weighted by atomic mass is 32.1. The summed E-state index contributed by atoms with van der Waals surface area (Å²) >= 11 is 1.48. The van der Waals surface area contributed by atoms with E-state index in [0.717, 1.165) is 61.7 Å². The molecule has 1 aliphatic heterocycles. The molecule has 4 heterocycles. The van der Waals surface area contributed by atoms with Gasteiger partial charge in [-0.1, -0.05) is 30.3 Å². The maximum Gasteiger partial charge on any atom is 0.272 e. The molecule has 0 bridgehead atoms. The lowest BCUT2D eigenvalue weighted by Crippen LogP contribution is -2.46. The van der Waals surface area contributed by atoms with E-state index >= 15 is 0 Å². The summed E-state index contributed by atoms with van der Waals surface area (Å²) in [4.78, 5) is 17.4. The molecule has 0 atom stereocenters. The number of nitrogens with zero attached hydrogens (tertiary/aromatic N) is 6. The van der Waals surface area contributed by atoms with Crippen molar-refractivity contribution in [2.24, 2.45) is 7.05 Å². The highest BCUT2D eigenvalue weighted by molar-refractivity contribution is 7.17. The lowest BCUT2D eigenvalue weighted by molar-refractivity contribution is 0.126. The first kappa shape index (κ1) is 18.5. The second-order valence-corrected chi connectivity index (χ2v) is 8.52. The highest BCUT2D eigenvalue weighted by Crippen LogP contribution is 2.20. The van der Waals surface area contributed by atoms with Gasteiger partial charge in [-0.3, -0.25) is 18.7 Å². The molecule has 0 aliphatic carbocycles. The quantitative estimate of drug-likeness (QED) is 0.506. The maximum atomic E-state index is 12.5. The van der Waals surface area contributed by atoms with Gasteiger partial charge in [-0.2, -0.15) is 0 Å². The summed E-state index contributed by atoms with van der Waals surface area (Å²) in [6.45, 7) is 6.01. The van der Waals surface area contributed by atoms with Gasteiger partial charge < -0.3 is 4.90 Å². The number of aryl methyl sites for hydroxylation is 1. The van der Waals surface area contributed by atoms with E-state index in [9.17, 15) is 4.79 Å². The lowest BCUT2D eigenvalue weighted by atomic mass is 10.1. The van der Waals surface area contributed by atoms with E-state index in [1.54, 1.807) is 11.6 Å². The molecule has 3 aromatic heterocycles. The Labute approximate surface area is 172 Å². The van der Waals surface area contributed by atoms with Gasteiger partial charge in [0, 0.05) is 39.8 Å². The highest BCUT2D eigenvalue weighted by Gasteiger charge is 2.21. The molecule has 150 valence electrons. The summed E-state index contributed by atoms with van der Waals surface area (Å²) in [6, 6.07) is 12.7. The fraction of sp³-hybridized carbons (Fsp3) is 0.381. The first-order chi connectivity index (χ1) is 14.2. The summed E-state index contributed by atoms with van der Waals surface area (Å²) in [5.74, 6) is 1.51. The molecular formula is C21H24N6OS. The van der Waals surface area contributed by atoms with Gasteiger partial charge >= 0.3 is 0 Å². The van der Waals surface area contributed by atoms with Crippen LogP contribution in [-0.4, -0.2) is 61.7 Å². The Kier molecular flexibility index (Phi) is 4.91. The molecule has 1 fully saturated rings. The number of hydrogen-bond donors (Lipinski definition) is 0. The van der Waals surface area contributed by atoms with E-state index in [-0.39, 0.29) is 5.56 Å². The van der Waals surface area contributed by atoms with Crippen LogP contribution >= 0.6 is 11.3 Å². The van der Waals surface area contributed by atoms with Crippen molar-refractivity contribution in [1.82, 2.24) is 29.0 Å². The SMILES string of the molecule is Cn1c(=O)c2sccc2n2c(CN3CCN(CCc4ccccc4)CC3)nnc12. The molecule has 1 aliphatic rings. The zero-order valence-electron chi connectivity index (χ0n) is 16.5. The van der Waals surface area contributed by atoms with Gasteiger partial charge in [-0.25, -0.2) is 0 Å². The van der Waals surface area contributed by atoms with E-state index in [1.165, 1.54) is 16.9 Å². The van der Waals surface area contributed by atoms with Gasteiger partial charge in [0.2, 0.25) is 5.78 Å². The summed E-state index contributed by atoms with van der Waals surface area (Å²) in [7, 11) is 1.76. The Balaban J connectivity index is 1.27. The van der Waals surface area contributed by atoms with Crippen LogP contribution in [0, 0.1) is 0 Å². The second kappa shape index (κ2) is 7.70. The van der Waals surface area contributed by atoms with Crippen molar-refractivity contribution in [1.29, 1.82) is 0 Å². The summed E-state index contributed by atoms with van der Waals surface area (Å²) in [5.41, 5.74) is 2.30. The number of aromatic nitrogens is 4. The first-order valence-corrected chi connectivity index (χ1v) is 10.9. The largest absolute Gasteiger partial charge is 0.300 e. The molecule has 7 nitrogen and oxygen atoms in total. The Bertz CT molecular complexity index is 1190. The van der Waals surface area contributed by atoms with Crippen molar-refractivity contribution in [3.8, 4) is 0 Å². The third-order valence-corrected chi connectivity index (χ3v) is 6.68. The smallest absolute Gasteiger partial charge is 0.272 e. The Morgan fingerprint density at radius 3 is 2.55 bits per heavy atom. The zero-order valence-corrected chi connectivity index (χ0v) is 17.3. The normalized spacial score (nSPS) is 16.2. The van der Waals surface area contributed by atoms with Crippen LogP contribution in [-0.2, 0) is 20.0 Å². The molecule has 5 rings (SSSR count). The molecule has 0 saturated carbocycles. The molecule has 29 heavy (non-hydrogen) atoms. The van der Waals surface area contributed by atoms with Crippen LogP contribution < -0.4 is 5.56 Å². The van der Waals surface area contributed by atoms with Crippen molar-refractivity contribution in [2.45, 2.75) is 13.0 Å². The minimum Gasteiger partial charge on any atom is -0.300 e. The number of thiophene rings is 1. The molecule has 0 spiro atoms. The molecular weight excluding hydrogens is 384 g/mol. The van der Waals surface area contributed by atoms with Crippen molar-refractivity contribution < 1.29 is 0 Å². The predicted octanol–water partition coefficient (Wildman–Crippen LogP) is 2.00. The third-order valence-electron chi connectivity index (χ3n) is 5.79. The van der Waals surface area contributed by atoms with Crippen molar-refractivity contribution in [3.05, 3.63) is 63.5 Å². The van der Waals surface area contributed by atoms with Crippen LogP contribution in [0.1, 0.15) is 11.4 Å². The van der Waals surface area contributed by atoms with Crippen molar-refractivity contribution in [3.63, 3.8) is 0 Å². The van der Waals surface area contributed by atoms with Gasteiger partial charge in [0.25, 0.3) is 5.56 Å². The molecule has 0 N–H and O–H groups in total. The standard InChI is InChI=1S/C21H24N6OS/c1-24-20(28)19-17(8-14-29-19)27-18(22-23-21(24)27)15-26-12-10-25(11-13-26)9-7-16-5-3-2-4-6-16/h2-6,8,14H,7,9-13,15H2,1H3. The Morgan fingerprint density at radius 2 is 1.76 bits per heavy atom. The van der Waals surface area contributed by atoms with Gasteiger partial charge in [-0.05, 0) is 23.4 Å². The van der Waals surface area contributed by atoms with Crippen LogP contribution in [0.4, 0.5) is 0 Å². The molecule has 0 amide bonds. The average Bonchev–Trinajstić information content (AvgIpc) is 3.39. The molecule has 8 heteroatoms. The number of benzene rings is 1. The number of rotatable bonds is 5. The van der Waals surface area contributed by atoms with Gasteiger partial charge in [0.1, 0.15) is 4.70 Å². The van der Waals surface area contributed by atoms with Crippen LogP contribution in [0.25, 0.3) is 16.0 Å². The topological polar surface area (TPSA) is 58.7 Å². The molecule has 0 radical (unpaired) electrons. The van der Waals surface area contributed by atoms with E-state index in [1.807, 2.05) is 15.8 Å². The fourth-order valence-corrected chi connectivity index (χ4v) is 4.91. The van der Waals surface area contributed by atoms with E-state index in [0.29, 0.717) is 5.78 Å². The molecule has 1 saturated heterocycles. The van der Waals surface area contributed by atoms with E-state index in [2.05, 4.69) is 50.3 Å². The summed E-state index contributed by atoms with van der Waals surface area (Å²) in [5, 5.41) is 10.7. The number of fused-ring (bicyclic) bond motifs is 3. The van der Waals surface area contributed by atoms with E-state index < -0.39 is 0 Å². The first-order valence-electron chi connectivity index (χ1n) is 9.99. The Morgan fingerprint density at radius 1 is 1.00 bits per heavy atom. The molecule has 0 unspecified atom stereocenters. The van der Waals surface area contributed by atoms with Gasteiger partial charge in [0.05, 0.1) is 12.1 Å². The Hall–Kier alpha value is -2.55. The van der Waals surface area contributed by atoms with Gasteiger partial charge in [-0.15, -0.1) is 21.5 Å². The molecule has 4 aromatic rings. The monoisotopic (exact) mass is 408 g/mol. The second-order valence-electron chi connectivity index (χ2n) is 7.60. The maximum absolute atomic E-state index is 12.5. The number of hydrogen-bond acceptors (Lipinski definition) is 6. The van der Waals surface area contributed by atoms with Crippen molar-refractivity contribution in [2.75, 3.05) is 32.7 Å². The summed E-state index contributed by atoms with van der Waals surface area (Å²) < 4.78 is 4.39. The zero-order chi connectivity index (χ0) is 19.8. The number of piperazine rings is 1. The van der Waals surface area contributed by atoms with Gasteiger partial charge in [0.15, 0.2) is 5.82 Å². The minimum absolute atomic E-state index is 0.00604. The van der Waals surface area contributed by atoms with E-state index in [4.69, 9.17) is 0 Å². The summed E-state index contributed by atoms with van der Waals surface area (Å²) in [6.07, 6.45) is 1.10. The third kappa shape index (κ3) is 3.48. The van der Waals surface area contributed by atoms with Crippen LogP contribution in [0.2, 0.25) is 0 Å².